The molecule has 0 aromatic heterocycles. The molecule has 0 bridgehead atoms. The van der Waals surface area contributed by atoms with Gasteiger partial charge in [-0.1, -0.05) is 17.3 Å². The van der Waals surface area contributed by atoms with Gasteiger partial charge in [0.05, 0.1) is 16.2 Å². The molecule has 1 aliphatic heterocycles. The molecule has 1 aromatic carbocycles. The largest absolute Gasteiger partial charge is 0.382 e. The number of para-hydroxylation sites is 1. The lowest BCUT2D eigenvalue weighted by molar-refractivity contribution is -0.385. The van der Waals surface area contributed by atoms with E-state index in [1.54, 1.807) is 30.1 Å². The Hall–Kier alpha value is -2.44. The van der Waals surface area contributed by atoms with Crippen LogP contribution in [0, 0.1) is 10.1 Å². The number of nitro benzene ring substituents is 1. The average molecular weight is 303 g/mol. The Morgan fingerprint density at radius 2 is 2.14 bits per heavy atom. The molecule has 116 valence electrons. The first-order chi connectivity index (χ1) is 10.6. The number of nitrogens with zero attached hydrogens (tertiary/aromatic N) is 3. The Bertz CT molecular complexity index is 639. The summed E-state index contributed by atoms with van der Waals surface area (Å²) < 4.78 is 0. The van der Waals surface area contributed by atoms with Gasteiger partial charge in [-0.25, -0.2) is 0 Å². The fourth-order valence-electron chi connectivity index (χ4n) is 2.73. The number of oxime groups is 1. The second-order valence-electron chi connectivity index (χ2n) is 5.64. The van der Waals surface area contributed by atoms with Crippen LogP contribution < -0.4 is 0 Å². The van der Waals surface area contributed by atoms with Crippen molar-refractivity contribution in [1.82, 2.24) is 4.90 Å². The van der Waals surface area contributed by atoms with Crippen molar-refractivity contribution in [3.05, 3.63) is 39.9 Å². The average Bonchev–Trinajstić information content (AvgIpc) is 2.94. The first-order valence-corrected chi connectivity index (χ1v) is 7.31. The van der Waals surface area contributed by atoms with E-state index in [2.05, 4.69) is 5.16 Å². The van der Waals surface area contributed by atoms with Crippen LogP contribution in [-0.2, 0) is 9.63 Å². The van der Waals surface area contributed by atoms with E-state index in [0.29, 0.717) is 11.3 Å². The molecular formula is C15H17N3O4. The van der Waals surface area contributed by atoms with Crippen LogP contribution in [0.2, 0.25) is 0 Å². The van der Waals surface area contributed by atoms with Crippen LogP contribution >= 0.6 is 0 Å². The molecule has 1 heterocycles. The van der Waals surface area contributed by atoms with E-state index in [1.165, 1.54) is 6.07 Å². The van der Waals surface area contributed by atoms with Gasteiger partial charge in [-0.15, -0.1) is 0 Å². The summed E-state index contributed by atoms with van der Waals surface area (Å²) in [6, 6.07) is 6.65. The number of carbonyl (C=O) groups excluding carboxylic acids is 1. The summed E-state index contributed by atoms with van der Waals surface area (Å²) in [5.41, 5.74) is 0.840. The summed E-state index contributed by atoms with van der Waals surface area (Å²) in [6.45, 7) is 0. The van der Waals surface area contributed by atoms with Crippen molar-refractivity contribution in [2.24, 2.45) is 5.16 Å². The van der Waals surface area contributed by atoms with E-state index in [9.17, 15) is 14.9 Å². The topological polar surface area (TPSA) is 85.0 Å². The van der Waals surface area contributed by atoms with Crippen LogP contribution in [0.5, 0.6) is 0 Å². The molecule has 7 heteroatoms. The summed E-state index contributed by atoms with van der Waals surface area (Å²) in [4.78, 5) is 29.9. The molecule has 0 N–H and O–H groups in total. The van der Waals surface area contributed by atoms with Gasteiger partial charge in [0.2, 0.25) is 6.10 Å². The Kier molecular flexibility index (Phi) is 3.79. The molecule has 1 amide bonds. The molecule has 3 rings (SSSR count). The molecule has 0 unspecified atom stereocenters. The van der Waals surface area contributed by atoms with E-state index < -0.39 is 11.0 Å². The summed E-state index contributed by atoms with van der Waals surface area (Å²) in [6.07, 6.45) is 2.77. The van der Waals surface area contributed by atoms with E-state index in [1.807, 2.05) is 0 Å². The molecule has 2 aliphatic rings. The highest BCUT2D eigenvalue weighted by Gasteiger charge is 2.36. The van der Waals surface area contributed by atoms with Crippen molar-refractivity contribution in [2.75, 3.05) is 7.05 Å². The van der Waals surface area contributed by atoms with Crippen molar-refractivity contribution in [2.45, 2.75) is 37.8 Å². The van der Waals surface area contributed by atoms with Crippen molar-refractivity contribution in [3.8, 4) is 0 Å². The van der Waals surface area contributed by atoms with Gasteiger partial charge in [-0.2, -0.15) is 0 Å². The molecule has 1 fully saturated rings. The number of benzene rings is 1. The maximum Gasteiger partial charge on any atom is 0.278 e. The zero-order valence-corrected chi connectivity index (χ0v) is 12.3. The summed E-state index contributed by atoms with van der Waals surface area (Å²) >= 11 is 0. The maximum absolute atomic E-state index is 12.4. The van der Waals surface area contributed by atoms with E-state index >= 15 is 0 Å². The molecule has 0 radical (unpaired) electrons. The van der Waals surface area contributed by atoms with Gasteiger partial charge < -0.3 is 9.74 Å². The minimum atomic E-state index is -0.680. The van der Waals surface area contributed by atoms with Crippen molar-refractivity contribution in [3.63, 3.8) is 0 Å². The smallest absolute Gasteiger partial charge is 0.278 e. The van der Waals surface area contributed by atoms with Crippen LogP contribution in [0.15, 0.2) is 29.4 Å². The Morgan fingerprint density at radius 1 is 1.41 bits per heavy atom. The maximum atomic E-state index is 12.4. The van der Waals surface area contributed by atoms with Gasteiger partial charge >= 0.3 is 0 Å². The first-order valence-electron chi connectivity index (χ1n) is 7.31. The number of likely N-dealkylation sites (N-methyl/N-ethyl adjacent to an activating group) is 1. The molecule has 0 spiro atoms. The molecule has 22 heavy (non-hydrogen) atoms. The third kappa shape index (κ3) is 2.54. The predicted molar refractivity (Wildman–Crippen MR) is 79.5 cm³/mol. The molecular weight excluding hydrogens is 286 g/mol. The normalized spacial score (nSPS) is 20.8. The van der Waals surface area contributed by atoms with Crippen LogP contribution in [0.4, 0.5) is 5.69 Å². The van der Waals surface area contributed by atoms with Crippen LogP contribution in [0.3, 0.4) is 0 Å². The van der Waals surface area contributed by atoms with Crippen molar-refractivity contribution < 1.29 is 14.6 Å². The van der Waals surface area contributed by atoms with Gasteiger partial charge in [-0.05, 0) is 25.3 Å². The van der Waals surface area contributed by atoms with Gasteiger partial charge in [0, 0.05) is 25.6 Å². The number of hydrogen-bond donors (Lipinski definition) is 0. The predicted octanol–water partition coefficient (Wildman–Crippen LogP) is 2.10. The van der Waals surface area contributed by atoms with Crippen molar-refractivity contribution >= 4 is 17.3 Å². The van der Waals surface area contributed by atoms with Crippen LogP contribution in [-0.4, -0.2) is 40.6 Å². The molecule has 1 aromatic rings. The van der Waals surface area contributed by atoms with E-state index in [0.717, 1.165) is 19.3 Å². The van der Waals surface area contributed by atoms with Gasteiger partial charge in [0.25, 0.3) is 11.6 Å². The quantitative estimate of drug-likeness (QED) is 0.629. The lowest BCUT2D eigenvalue weighted by Crippen LogP contribution is -2.46. The number of amides is 1. The number of rotatable bonds is 4. The number of hydrogen-bond acceptors (Lipinski definition) is 5. The minimum absolute atomic E-state index is 0.0229. The summed E-state index contributed by atoms with van der Waals surface area (Å²) in [5, 5.41) is 15.0. The van der Waals surface area contributed by atoms with E-state index in [-0.39, 0.29) is 24.1 Å². The van der Waals surface area contributed by atoms with Crippen molar-refractivity contribution in [1.29, 1.82) is 0 Å². The summed E-state index contributed by atoms with van der Waals surface area (Å²) in [5.74, 6) is -0.109. The SMILES string of the molecule is CN(C(=O)[C@@H]1CC(c2ccccc2[N+](=O)[O-])=NO1)C1CCC1. The lowest BCUT2D eigenvalue weighted by Gasteiger charge is -2.35. The second-order valence-corrected chi connectivity index (χ2v) is 5.64. The minimum Gasteiger partial charge on any atom is -0.382 e. The first kappa shape index (κ1) is 14.5. The zero-order valence-electron chi connectivity index (χ0n) is 12.3. The highest BCUT2D eigenvalue weighted by atomic mass is 16.6. The zero-order chi connectivity index (χ0) is 15.7. The standard InChI is InChI=1S/C15H17N3O4/c1-17(10-5-4-6-10)15(19)14-9-12(16-22-14)11-7-2-3-8-13(11)18(20)21/h2-3,7-8,10,14H,4-6,9H2,1H3/t14-/m0/s1. The van der Waals surface area contributed by atoms with Crippen LogP contribution in [0.25, 0.3) is 0 Å². The lowest BCUT2D eigenvalue weighted by atomic mass is 9.91. The number of carbonyl (C=O) groups is 1. The summed E-state index contributed by atoms with van der Waals surface area (Å²) in [7, 11) is 1.78. The molecule has 1 aliphatic carbocycles. The van der Waals surface area contributed by atoms with Crippen LogP contribution in [0.1, 0.15) is 31.2 Å². The fraction of sp³-hybridized carbons (Fsp3) is 0.467. The molecule has 1 saturated carbocycles. The highest BCUT2D eigenvalue weighted by Crippen LogP contribution is 2.28. The Labute approximate surface area is 127 Å². The number of nitro groups is 1. The molecule has 7 nitrogen and oxygen atoms in total. The highest BCUT2D eigenvalue weighted by molar-refractivity contribution is 6.06. The Balaban J connectivity index is 1.72. The van der Waals surface area contributed by atoms with E-state index in [4.69, 9.17) is 4.84 Å². The van der Waals surface area contributed by atoms with Gasteiger partial charge in [0.1, 0.15) is 0 Å². The Morgan fingerprint density at radius 3 is 2.77 bits per heavy atom. The third-order valence-corrected chi connectivity index (χ3v) is 4.33. The molecule has 0 saturated heterocycles. The monoisotopic (exact) mass is 303 g/mol. The van der Waals surface area contributed by atoms with Gasteiger partial charge in [-0.3, -0.25) is 14.9 Å². The molecule has 1 atom stereocenters. The fourth-order valence-corrected chi connectivity index (χ4v) is 2.73. The third-order valence-electron chi connectivity index (χ3n) is 4.33. The van der Waals surface area contributed by atoms with Gasteiger partial charge in [0.15, 0.2) is 0 Å². The second kappa shape index (κ2) is 5.75.